The number of nitrogens with zero attached hydrogens (tertiary/aromatic N) is 1. The summed E-state index contributed by atoms with van der Waals surface area (Å²) in [6.07, 6.45) is 2.61. The van der Waals surface area contributed by atoms with Gasteiger partial charge in [-0.25, -0.2) is 0 Å². The van der Waals surface area contributed by atoms with E-state index in [9.17, 15) is 14.7 Å². The Balaban J connectivity index is 1.97. The summed E-state index contributed by atoms with van der Waals surface area (Å²) in [6.45, 7) is 5.26. The van der Waals surface area contributed by atoms with Crippen molar-refractivity contribution in [2.45, 2.75) is 45.6 Å². The van der Waals surface area contributed by atoms with Crippen LogP contribution in [0.3, 0.4) is 0 Å². The third-order valence-electron chi connectivity index (χ3n) is 4.67. The summed E-state index contributed by atoms with van der Waals surface area (Å²) in [6, 6.07) is 9.17. The van der Waals surface area contributed by atoms with Crippen LogP contribution >= 0.6 is 0 Å². The van der Waals surface area contributed by atoms with E-state index >= 15 is 0 Å². The Bertz CT molecular complexity index is 561. The second-order valence-corrected chi connectivity index (χ2v) is 6.91. The molecule has 0 aliphatic carbocycles. The van der Waals surface area contributed by atoms with Crippen molar-refractivity contribution in [2.24, 2.45) is 5.41 Å². The number of benzene rings is 1. The average Bonchev–Trinajstić information content (AvgIpc) is 2.60. The van der Waals surface area contributed by atoms with Crippen LogP contribution in [0, 0.1) is 5.41 Å². The van der Waals surface area contributed by atoms with Crippen molar-refractivity contribution in [3.05, 3.63) is 35.9 Å². The summed E-state index contributed by atoms with van der Waals surface area (Å²) in [5.41, 5.74) is 0.0507. The van der Waals surface area contributed by atoms with Crippen molar-refractivity contribution >= 4 is 11.8 Å². The Labute approximate surface area is 144 Å². The number of aliphatic hydroxyl groups excluding tert-OH is 1. The van der Waals surface area contributed by atoms with Crippen molar-refractivity contribution in [2.75, 3.05) is 19.6 Å². The molecule has 0 aromatic heterocycles. The van der Waals surface area contributed by atoms with Crippen LogP contribution in [0.1, 0.15) is 49.9 Å². The van der Waals surface area contributed by atoms with Gasteiger partial charge >= 0.3 is 0 Å². The molecule has 24 heavy (non-hydrogen) atoms. The topological polar surface area (TPSA) is 69.6 Å². The monoisotopic (exact) mass is 332 g/mol. The molecule has 2 rings (SSSR count). The number of carbonyl (C=O) groups is 2. The molecule has 1 aromatic carbocycles. The van der Waals surface area contributed by atoms with Crippen LogP contribution < -0.4 is 5.32 Å². The zero-order valence-electron chi connectivity index (χ0n) is 14.6. The fourth-order valence-electron chi connectivity index (χ4n) is 3.22. The summed E-state index contributed by atoms with van der Waals surface area (Å²) in [5, 5.41) is 12.6. The summed E-state index contributed by atoms with van der Waals surface area (Å²) in [4.78, 5) is 27.0. The number of amides is 2. The molecule has 0 radical (unpaired) electrons. The number of likely N-dealkylation sites (tertiary alicyclic amines) is 1. The summed E-state index contributed by atoms with van der Waals surface area (Å²) >= 11 is 0. The van der Waals surface area contributed by atoms with Gasteiger partial charge < -0.3 is 15.3 Å². The van der Waals surface area contributed by atoms with Crippen LogP contribution in [0.5, 0.6) is 0 Å². The first kappa shape index (κ1) is 18.5. The Morgan fingerprint density at radius 3 is 2.71 bits per heavy atom. The van der Waals surface area contributed by atoms with Gasteiger partial charge in [-0.05, 0) is 38.3 Å². The van der Waals surface area contributed by atoms with E-state index in [0.29, 0.717) is 25.1 Å². The molecule has 1 aromatic rings. The molecule has 5 heteroatoms. The molecule has 5 nitrogen and oxygen atoms in total. The normalized spacial score (nSPS) is 22.0. The predicted molar refractivity (Wildman–Crippen MR) is 93.6 cm³/mol. The third kappa shape index (κ3) is 4.57. The van der Waals surface area contributed by atoms with Gasteiger partial charge in [0.15, 0.2) is 0 Å². The molecule has 1 aliphatic rings. The van der Waals surface area contributed by atoms with Gasteiger partial charge in [0.05, 0.1) is 11.5 Å². The second kappa shape index (κ2) is 8.29. The molecule has 0 bridgehead atoms. The molecule has 0 saturated carbocycles. The Morgan fingerprint density at radius 2 is 2.04 bits per heavy atom. The van der Waals surface area contributed by atoms with Crippen LogP contribution in [-0.2, 0) is 4.79 Å². The van der Waals surface area contributed by atoms with Crippen LogP contribution in [-0.4, -0.2) is 47.6 Å². The second-order valence-electron chi connectivity index (χ2n) is 6.91. The number of carbonyl (C=O) groups excluding carboxylic acids is 2. The number of hydrogen-bond donors (Lipinski definition) is 2. The molecule has 2 N–H and O–H groups in total. The minimum atomic E-state index is -0.603. The van der Waals surface area contributed by atoms with Crippen LogP contribution in [0.2, 0.25) is 0 Å². The van der Waals surface area contributed by atoms with Gasteiger partial charge in [-0.1, -0.05) is 31.5 Å². The fourth-order valence-corrected chi connectivity index (χ4v) is 3.22. The van der Waals surface area contributed by atoms with Gasteiger partial charge in [-0.2, -0.15) is 0 Å². The lowest BCUT2D eigenvalue weighted by Gasteiger charge is -2.39. The van der Waals surface area contributed by atoms with Gasteiger partial charge in [0, 0.05) is 25.2 Å². The number of rotatable bonds is 6. The van der Waals surface area contributed by atoms with E-state index in [-0.39, 0.29) is 18.4 Å². The minimum absolute atomic E-state index is 0.0275. The van der Waals surface area contributed by atoms with Crippen molar-refractivity contribution < 1.29 is 14.7 Å². The van der Waals surface area contributed by atoms with Crippen molar-refractivity contribution in [3.63, 3.8) is 0 Å². The summed E-state index contributed by atoms with van der Waals surface area (Å²) in [7, 11) is 0. The molecule has 2 atom stereocenters. The maximum absolute atomic E-state index is 12.6. The molecule has 132 valence electrons. The smallest absolute Gasteiger partial charge is 0.253 e. The van der Waals surface area contributed by atoms with Gasteiger partial charge in [-0.3, -0.25) is 9.59 Å². The lowest BCUT2D eigenvalue weighted by molar-refractivity contribution is -0.133. The molecule has 0 spiro atoms. The molecular weight excluding hydrogens is 304 g/mol. The van der Waals surface area contributed by atoms with Crippen molar-refractivity contribution in [1.29, 1.82) is 0 Å². The maximum atomic E-state index is 12.6. The molecule has 1 heterocycles. The van der Waals surface area contributed by atoms with Gasteiger partial charge in [0.25, 0.3) is 5.91 Å². The van der Waals surface area contributed by atoms with E-state index in [4.69, 9.17) is 0 Å². The van der Waals surface area contributed by atoms with E-state index in [1.54, 1.807) is 17.0 Å². The average molecular weight is 332 g/mol. The van der Waals surface area contributed by atoms with E-state index in [0.717, 1.165) is 19.3 Å². The van der Waals surface area contributed by atoms with Gasteiger partial charge in [-0.15, -0.1) is 0 Å². The van der Waals surface area contributed by atoms with Crippen molar-refractivity contribution in [1.82, 2.24) is 10.2 Å². The van der Waals surface area contributed by atoms with E-state index in [1.807, 2.05) is 32.0 Å². The Morgan fingerprint density at radius 1 is 1.33 bits per heavy atom. The largest absolute Gasteiger partial charge is 0.391 e. The van der Waals surface area contributed by atoms with E-state index < -0.39 is 11.5 Å². The quantitative estimate of drug-likeness (QED) is 0.839. The van der Waals surface area contributed by atoms with E-state index in [2.05, 4.69) is 5.32 Å². The Hall–Kier alpha value is -1.88. The number of hydrogen-bond acceptors (Lipinski definition) is 3. The van der Waals surface area contributed by atoms with Crippen molar-refractivity contribution in [3.8, 4) is 0 Å². The van der Waals surface area contributed by atoms with Gasteiger partial charge in [0.1, 0.15) is 0 Å². The molecule has 2 unspecified atom stereocenters. The van der Waals surface area contributed by atoms with E-state index in [1.165, 1.54) is 0 Å². The summed E-state index contributed by atoms with van der Waals surface area (Å²) in [5.74, 6) is -0.108. The summed E-state index contributed by atoms with van der Waals surface area (Å²) < 4.78 is 0. The predicted octanol–water partition coefficient (Wildman–Crippen LogP) is 2.21. The van der Waals surface area contributed by atoms with Crippen LogP contribution in [0.4, 0.5) is 0 Å². The number of piperidine rings is 1. The highest BCUT2D eigenvalue weighted by Gasteiger charge is 2.39. The fraction of sp³-hybridized carbons (Fsp3) is 0.579. The molecule has 1 fully saturated rings. The Kier molecular flexibility index (Phi) is 6.37. The maximum Gasteiger partial charge on any atom is 0.253 e. The molecular formula is C19H28N2O3. The SMILES string of the molecule is CCCC(O)CNC(=O)C1(C)CCCN(C(=O)c2ccccc2)C1. The molecule has 1 aliphatic heterocycles. The highest BCUT2D eigenvalue weighted by molar-refractivity contribution is 5.95. The first-order chi connectivity index (χ1) is 11.5. The molecule has 1 saturated heterocycles. The van der Waals surface area contributed by atoms with Crippen LogP contribution in [0.25, 0.3) is 0 Å². The highest BCUT2D eigenvalue weighted by atomic mass is 16.3. The van der Waals surface area contributed by atoms with Crippen LogP contribution in [0.15, 0.2) is 30.3 Å². The number of nitrogens with one attached hydrogen (secondary N) is 1. The molecule has 2 amide bonds. The van der Waals surface area contributed by atoms with Gasteiger partial charge in [0.2, 0.25) is 5.91 Å². The zero-order chi connectivity index (χ0) is 17.6. The third-order valence-corrected chi connectivity index (χ3v) is 4.67. The lowest BCUT2D eigenvalue weighted by atomic mass is 9.80. The lowest BCUT2D eigenvalue weighted by Crippen LogP contribution is -2.52. The first-order valence-corrected chi connectivity index (χ1v) is 8.77. The standard InChI is InChI=1S/C19H28N2O3/c1-3-8-16(22)13-20-18(24)19(2)11-7-12-21(14-19)17(23)15-9-5-4-6-10-15/h4-6,9-10,16,22H,3,7-8,11-14H2,1-2H3,(H,20,24). The first-order valence-electron chi connectivity index (χ1n) is 8.77. The highest BCUT2D eigenvalue weighted by Crippen LogP contribution is 2.30. The minimum Gasteiger partial charge on any atom is -0.391 e. The number of aliphatic hydroxyl groups is 1. The zero-order valence-corrected chi connectivity index (χ0v) is 14.6.